The molecular weight excluding hydrogens is 308 g/mol. The monoisotopic (exact) mass is 336 g/mol. The average molecular weight is 336 g/mol. The maximum Gasteiger partial charge on any atom is 0.336 e. The lowest BCUT2D eigenvalue weighted by Crippen LogP contribution is -2.16. The van der Waals surface area contributed by atoms with Crippen LogP contribution in [0.1, 0.15) is 52.7 Å². The summed E-state index contributed by atoms with van der Waals surface area (Å²) in [5.41, 5.74) is 3.42. The highest BCUT2D eigenvalue weighted by molar-refractivity contribution is 5.92. The van der Waals surface area contributed by atoms with Gasteiger partial charge in [-0.15, -0.1) is 0 Å². The number of carboxylic acids is 1. The van der Waals surface area contributed by atoms with Gasteiger partial charge in [0.05, 0.1) is 12.2 Å². The highest BCUT2D eigenvalue weighted by Gasteiger charge is 2.24. The van der Waals surface area contributed by atoms with Crippen LogP contribution in [0.15, 0.2) is 6.07 Å². The summed E-state index contributed by atoms with van der Waals surface area (Å²) in [4.78, 5) is 11.9. The van der Waals surface area contributed by atoms with Crippen molar-refractivity contribution < 1.29 is 24.1 Å². The SMILES string of the molecule is COCCCOc1cc2c(c(C(=O)O)c1CCCOC)CCCC2. The summed E-state index contributed by atoms with van der Waals surface area (Å²) in [6.45, 7) is 1.78. The molecule has 0 aliphatic heterocycles. The van der Waals surface area contributed by atoms with Gasteiger partial charge in [-0.1, -0.05) is 0 Å². The molecule has 5 heteroatoms. The first-order valence-corrected chi connectivity index (χ1v) is 8.70. The number of carboxylic acid groups (broad SMARTS) is 1. The molecule has 1 aliphatic carbocycles. The summed E-state index contributed by atoms with van der Waals surface area (Å²) < 4.78 is 16.1. The molecule has 1 aliphatic rings. The molecule has 0 saturated carbocycles. The van der Waals surface area contributed by atoms with E-state index in [-0.39, 0.29) is 0 Å². The van der Waals surface area contributed by atoms with Gasteiger partial charge >= 0.3 is 5.97 Å². The van der Waals surface area contributed by atoms with Crippen molar-refractivity contribution in [2.45, 2.75) is 44.9 Å². The smallest absolute Gasteiger partial charge is 0.336 e. The van der Waals surface area contributed by atoms with Crippen LogP contribution in [0, 0.1) is 0 Å². The predicted octanol–water partition coefficient (Wildman–Crippen LogP) is 3.26. The van der Waals surface area contributed by atoms with Crippen molar-refractivity contribution in [3.8, 4) is 5.75 Å². The van der Waals surface area contributed by atoms with Crippen molar-refractivity contribution in [1.29, 1.82) is 0 Å². The first kappa shape index (κ1) is 18.7. The van der Waals surface area contributed by atoms with E-state index in [1.165, 1.54) is 0 Å². The van der Waals surface area contributed by atoms with E-state index in [2.05, 4.69) is 6.07 Å². The molecule has 0 fully saturated rings. The molecule has 0 saturated heterocycles. The van der Waals surface area contributed by atoms with Gasteiger partial charge in [0.15, 0.2) is 0 Å². The van der Waals surface area contributed by atoms with E-state index in [1.54, 1.807) is 14.2 Å². The zero-order chi connectivity index (χ0) is 17.4. The van der Waals surface area contributed by atoms with Crippen molar-refractivity contribution in [3.63, 3.8) is 0 Å². The molecular formula is C19H28O5. The van der Waals surface area contributed by atoms with Crippen LogP contribution in [-0.4, -0.2) is 45.1 Å². The van der Waals surface area contributed by atoms with E-state index >= 15 is 0 Å². The van der Waals surface area contributed by atoms with Crippen LogP contribution in [0.4, 0.5) is 0 Å². The van der Waals surface area contributed by atoms with Crippen molar-refractivity contribution in [3.05, 3.63) is 28.3 Å². The summed E-state index contributed by atoms with van der Waals surface area (Å²) in [5, 5.41) is 9.81. The number of methoxy groups -OCH3 is 2. The average Bonchev–Trinajstić information content (AvgIpc) is 2.58. The molecule has 1 aromatic rings. The standard InChI is InChI=1S/C19H28O5/c1-22-10-5-9-16-17(24-12-6-11-23-2)13-14-7-3-4-8-15(14)18(16)19(20)21/h13H,3-12H2,1-2H3,(H,20,21). The summed E-state index contributed by atoms with van der Waals surface area (Å²) in [6, 6.07) is 2.07. The normalized spacial score (nSPS) is 13.6. The van der Waals surface area contributed by atoms with E-state index in [9.17, 15) is 9.90 Å². The number of rotatable bonds is 10. The highest BCUT2D eigenvalue weighted by Crippen LogP contribution is 2.34. The number of ether oxygens (including phenoxy) is 3. The molecule has 0 aromatic heterocycles. The second kappa shape index (κ2) is 9.64. The van der Waals surface area contributed by atoms with Crippen LogP contribution < -0.4 is 4.74 Å². The van der Waals surface area contributed by atoms with Crippen molar-refractivity contribution in [2.75, 3.05) is 34.0 Å². The van der Waals surface area contributed by atoms with Crippen LogP contribution in [0.25, 0.3) is 0 Å². The molecule has 1 aromatic carbocycles. The third-order valence-electron chi connectivity index (χ3n) is 4.46. The van der Waals surface area contributed by atoms with Gasteiger partial charge in [-0.25, -0.2) is 4.79 Å². The van der Waals surface area contributed by atoms with Crippen molar-refractivity contribution >= 4 is 5.97 Å². The van der Waals surface area contributed by atoms with E-state index in [1.807, 2.05) is 0 Å². The Hall–Kier alpha value is -1.59. The molecule has 24 heavy (non-hydrogen) atoms. The summed E-state index contributed by atoms with van der Waals surface area (Å²) in [6.07, 6.45) is 6.16. The Kier molecular flexibility index (Phi) is 7.53. The maximum atomic E-state index is 11.9. The maximum absolute atomic E-state index is 11.9. The van der Waals surface area contributed by atoms with Crippen LogP contribution in [0.3, 0.4) is 0 Å². The van der Waals surface area contributed by atoms with Gasteiger partial charge in [0, 0.05) is 39.4 Å². The molecule has 0 amide bonds. The minimum absolute atomic E-state index is 0.463. The third kappa shape index (κ3) is 4.71. The van der Waals surface area contributed by atoms with E-state index in [4.69, 9.17) is 14.2 Å². The number of aromatic carboxylic acids is 1. The number of fused-ring (bicyclic) bond motifs is 1. The molecule has 5 nitrogen and oxygen atoms in total. The van der Waals surface area contributed by atoms with E-state index in [0.717, 1.165) is 61.0 Å². The van der Waals surface area contributed by atoms with E-state index < -0.39 is 5.97 Å². The van der Waals surface area contributed by atoms with Gasteiger partial charge in [-0.05, 0) is 55.7 Å². The van der Waals surface area contributed by atoms with Crippen LogP contribution in [0.5, 0.6) is 5.75 Å². The predicted molar refractivity (Wildman–Crippen MR) is 92.2 cm³/mol. The largest absolute Gasteiger partial charge is 0.493 e. The number of hydrogen-bond acceptors (Lipinski definition) is 4. The van der Waals surface area contributed by atoms with Crippen LogP contribution in [-0.2, 0) is 28.7 Å². The molecule has 1 N–H and O–H groups in total. The van der Waals surface area contributed by atoms with Crippen molar-refractivity contribution in [2.24, 2.45) is 0 Å². The number of carbonyl (C=O) groups is 1. The third-order valence-corrected chi connectivity index (χ3v) is 4.46. The molecule has 0 bridgehead atoms. The lowest BCUT2D eigenvalue weighted by molar-refractivity contribution is 0.0693. The van der Waals surface area contributed by atoms with Gasteiger partial charge in [0.1, 0.15) is 5.75 Å². The molecule has 134 valence electrons. The Morgan fingerprint density at radius 3 is 2.50 bits per heavy atom. The van der Waals surface area contributed by atoms with Gasteiger partial charge in [0.25, 0.3) is 0 Å². The Morgan fingerprint density at radius 2 is 1.79 bits per heavy atom. The highest BCUT2D eigenvalue weighted by atomic mass is 16.5. The number of aryl methyl sites for hydroxylation is 1. The second-order valence-electron chi connectivity index (χ2n) is 6.17. The van der Waals surface area contributed by atoms with Crippen LogP contribution in [0.2, 0.25) is 0 Å². The lowest BCUT2D eigenvalue weighted by atomic mass is 9.84. The number of hydrogen-bond donors (Lipinski definition) is 1. The minimum atomic E-state index is -0.845. The zero-order valence-corrected chi connectivity index (χ0v) is 14.7. The molecule has 0 heterocycles. The fourth-order valence-electron chi connectivity index (χ4n) is 3.34. The fraction of sp³-hybridized carbons (Fsp3) is 0.632. The minimum Gasteiger partial charge on any atom is -0.493 e. The first-order chi connectivity index (χ1) is 11.7. The van der Waals surface area contributed by atoms with Crippen LogP contribution >= 0.6 is 0 Å². The molecule has 0 atom stereocenters. The topological polar surface area (TPSA) is 65.0 Å². The lowest BCUT2D eigenvalue weighted by Gasteiger charge is -2.23. The second-order valence-corrected chi connectivity index (χ2v) is 6.17. The van der Waals surface area contributed by atoms with Gasteiger partial charge < -0.3 is 19.3 Å². The summed E-state index contributed by atoms with van der Waals surface area (Å²) in [7, 11) is 3.32. The first-order valence-electron chi connectivity index (χ1n) is 8.70. The quantitative estimate of drug-likeness (QED) is 0.664. The Balaban J connectivity index is 2.33. The Bertz CT molecular complexity index is 553. The Morgan fingerprint density at radius 1 is 1.08 bits per heavy atom. The van der Waals surface area contributed by atoms with E-state index in [0.29, 0.717) is 31.8 Å². The molecule has 0 unspecified atom stereocenters. The number of benzene rings is 1. The van der Waals surface area contributed by atoms with Gasteiger partial charge in [0.2, 0.25) is 0 Å². The fourth-order valence-corrected chi connectivity index (χ4v) is 3.34. The molecule has 0 spiro atoms. The Labute approximate surface area is 143 Å². The summed E-state index contributed by atoms with van der Waals surface area (Å²) >= 11 is 0. The zero-order valence-electron chi connectivity index (χ0n) is 14.7. The van der Waals surface area contributed by atoms with Gasteiger partial charge in [-0.2, -0.15) is 0 Å². The molecule has 2 rings (SSSR count). The molecule has 0 radical (unpaired) electrons. The van der Waals surface area contributed by atoms with Crippen molar-refractivity contribution in [1.82, 2.24) is 0 Å². The van der Waals surface area contributed by atoms with Gasteiger partial charge in [-0.3, -0.25) is 0 Å². The summed E-state index contributed by atoms with van der Waals surface area (Å²) in [5.74, 6) is -0.122.